The van der Waals surface area contributed by atoms with Crippen molar-refractivity contribution in [1.82, 2.24) is 5.32 Å². The first-order valence-corrected chi connectivity index (χ1v) is 9.08. The van der Waals surface area contributed by atoms with E-state index < -0.39 is 23.5 Å². The van der Waals surface area contributed by atoms with Crippen molar-refractivity contribution in [2.45, 2.75) is 19.1 Å². The first-order valence-electron chi connectivity index (χ1n) is 8.29. The Morgan fingerprint density at radius 2 is 1.77 bits per heavy atom. The molecule has 0 heterocycles. The minimum absolute atomic E-state index is 0.0178. The Labute approximate surface area is 160 Å². The van der Waals surface area contributed by atoms with E-state index in [1.807, 2.05) is 37.3 Å². The highest BCUT2D eigenvalue weighted by atomic mass is 79.9. The predicted octanol–water partition coefficient (Wildman–Crippen LogP) is 3.83. The second kappa shape index (κ2) is 10.6. The fraction of sp³-hybridized carbons (Fsp3) is 0.368. The lowest BCUT2D eigenvalue weighted by Crippen LogP contribution is -2.32. The standard InChI is InChI=1S/C19H22BrF2NO3/c1-13(14-5-3-2-4-6-14)23-11-16(24)12-25-7-8-26-19-17(21)9-15(20)10-18(19)22/h2-6,9-10,13,16,23-24H,7-8,11-12H2,1H3. The van der Waals surface area contributed by atoms with Gasteiger partial charge < -0.3 is 19.9 Å². The SMILES string of the molecule is CC(NCC(O)COCCOc1c(F)cc(Br)cc1F)c1ccccc1. The molecule has 2 aromatic rings. The smallest absolute Gasteiger partial charge is 0.190 e. The van der Waals surface area contributed by atoms with Crippen LogP contribution in [0.4, 0.5) is 8.78 Å². The summed E-state index contributed by atoms with van der Waals surface area (Å²) in [5.74, 6) is -2.00. The van der Waals surface area contributed by atoms with Crippen molar-refractivity contribution < 1.29 is 23.4 Å². The van der Waals surface area contributed by atoms with Crippen LogP contribution in [0.25, 0.3) is 0 Å². The maximum atomic E-state index is 13.6. The molecule has 4 nitrogen and oxygen atoms in total. The first-order chi connectivity index (χ1) is 12.5. The predicted molar refractivity (Wildman–Crippen MR) is 99.2 cm³/mol. The molecule has 0 fully saturated rings. The Morgan fingerprint density at radius 1 is 1.12 bits per heavy atom. The maximum absolute atomic E-state index is 13.6. The molecule has 2 unspecified atom stereocenters. The zero-order valence-corrected chi connectivity index (χ0v) is 16.0. The van der Waals surface area contributed by atoms with Gasteiger partial charge >= 0.3 is 0 Å². The molecule has 26 heavy (non-hydrogen) atoms. The van der Waals surface area contributed by atoms with Crippen LogP contribution >= 0.6 is 15.9 Å². The summed E-state index contributed by atoms with van der Waals surface area (Å²) in [6.45, 7) is 2.57. The number of rotatable bonds is 10. The number of hydrogen-bond acceptors (Lipinski definition) is 4. The highest BCUT2D eigenvalue weighted by Crippen LogP contribution is 2.25. The molecule has 0 aromatic heterocycles. The molecule has 0 aliphatic carbocycles. The number of aliphatic hydroxyl groups excluding tert-OH is 1. The monoisotopic (exact) mass is 429 g/mol. The van der Waals surface area contributed by atoms with E-state index in [9.17, 15) is 13.9 Å². The van der Waals surface area contributed by atoms with E-state index in [1.54, 1.807) is 0 Å². The third-order valence-electron chi connectivity index (χ3n) is 3.71. The van der Waals surface area contributed by atoms with Gasteiger partial charge in [0.15, 0.2) is 17.4 Å². The zero-order valence-electron chi connectivity index (χ0n) is 14.4. The number of halogens is 3. The van der Waals surface area contributed by atoms with Crippen LogP contribution < -0.4 is 10.1 Å². The van der Waals surface area contributed by atoms with Gasteiger partial charge in [-0.05, 0) is 24.6 Å². The molecule has 0 bridgehead atoms. The molecule has 0 saturated carbocycles. The van der Waals surface area contributed by atoms with E-state index in [4.69, 9.17) is 9.47 Å². The molecule has 2 N–H and O–H groups in total. The van der Waals surface area contributed by atoms with E-state index in [0.717, 1.165) is 17.7 Å². The van der Waals surface area contributed by atoms with Crippen LogP contribution in [0.3, 0.4) is 0 Å². The number of nitrogens with one attached hydrogen (secondary N) is 1. The number of hydrogen-bond donors (Lipinski definition) is 2. The van der Waals surface area contributed by atoms with Crippen LogP contribution in [-0.4, -0.2) is 37.6 Å². The van der Waals surface area contributed by atoms with E-state index in [-0.39, 0.29) is 25.9 Å². The summed E-state index contributed by atoms with van der Waals surface area (Å²) in [5, 5.41) is 13.1. The van der Waals surface area contributed by atoms with Crippen molar-refractivity contribution in [2.75, 3.05) is 26.4 Å². The lowest BCUT2D eigenvalue weighted by Gasteiger charge is -2.17. The van der Waals surface area contributed by atoms with Crippen molar-refractivity contribution in [3.63, 3.8) is 0 Å². The van der Waals surface area contributed by atoms with Crippen molar-refractivity contribution >= 4 is 15.9 Å². The minimum atomic E-state index is -0.781. The summed E-state index contributed by atoms with van der Waals surface area (Å²) in [7, 11) is 0. The third kappa shape index (κ3) is 6.64. The molecule has 0 spiro atoms. The maximum Gasteiger partial charge on any atom is 0.190 e. The molecule has 2 rings (SSSR count). The summed E-state index contributed by atoms with van der Waals surface area (Å²) < 4.78 is 37.8. The minimum Gasteiger partial charge on any atom is -0.485 e. The lowest BCUT2D eigenvalue weighted by atomic mass is 10.1. The summed E-state index contributed by atoms with van der Waals surface area (Å²) in [5.41, 5.74) is 1.13. The van der Waals surface area contributed by atoms with Crippen LogP contribution in [0, 0.1) is 11.6 Å². The highest BCUT2D eigenvalue weighted by molar-refractivity contribution is 9.10. The van der Waals surface area contributed by atoms with Gasteiger partial charge in [-0.3, -0.25) is 0 Å². The van der Waals surface area contributed by atoms with Crippen molar-refractivity contribution in [2.24, 2.45) is 0 Å². The Bertz CT molecular complexity index is 665. The molecular weight excluding hydrogens is 408 g/mol. The average molecular weight is 430 g/mol. The number of benzene rings is 2. The van der Waals surface area contributed by atoms with Gasteiger partial charge in [0.25, 0.3) is 0 Å². The van der Waals surface area contributed by atoms with Crippen LogP contribution in [0.5, 0.6) is 5.75 Å². The first kappa shape index (κ1) is 20.8. The van der Waals surface area contributed by atoms with E-state index >= 15 is 0 Å². The zero-order chi connectivity index (χ0) is 18.9. The topological polar surface area (TPSA) is 50.7 Å². The quantitative estimate of drug-likeness (QED) is 0.563. The fourth-order valence-electron chi connectivity index (χ4n) is 2.32. The molecule has 0 aliphatic rings. The van der Waals surface area contributed by atoms with Gasteiger partial charge in [0.2, 0.25) is 0 Å². The Balaban J connectivity index is 1.62. The van der Waals surface area contributed by atoms with Gasteiger partial charge in [-0.15, -0.1) is 0 Å². The highest BCUT2D eigenvalue weighted by Gasteiger charge is 2.12. The normalized spacial score (nSPS) is 13.4. The van der Waals surface area contributed by atoms with Crippen LogP contribution in [-0.2, 0) is 4.74 Å². The molecule has 0 amide bonds. The lowest BCUT2D eigenvalue weighted by molar-refractivity contribution is 0.0233. The summed E-state index contributed by atoms with van der Waals surface area (Å²) in [4.78, 5) is 0. The number of aliphatic hydroxyl groups is 1. The Kier molecular flexibility index (Phi) is 8.44. The van der Waals surface area contributed by atoms with E-state index in [2.05, 4.69) is 21.2 Å². The molecule has 142 valence electrons. The summed E-state index contributed by atoms with van der Waals surface area (Å²) in [6.07, 6.45) is -0.692. The molecular formula is C19H22BrF2NO3. The second-order valence-electron chi connectivity index (χ2n) is 5.82. The van der Waals surface area contributed by atoms with Crippen molar-refractivity contribution in [3.05, 3.63) is 64.1 Å². The third-order valence-corrected chi connectivity index (χ3v) is 4.16. The van der Waals surface area contributed by atoms with Gasteiger partial charge in [-0.2, -0.15) is 0 Å². The second-order valence-corrected chi connectivity index (χ2v) is 6.73. The molecule has 7 heteroatoms. The largest absolute Gasteiger partial charge is 0.485 e. The van der Waals surface area contributed by atoms with Gasteiger partial charge in [0, 0.05) is 17.1 Å². The molecule has 2 aromatic carbocycles. The summed E-state index contributed by atoms with van der Waals surface area (Å²) in [6, 6.07) is 12.3. The van der Waals surface area contributed by atoms with Crippen LogP contribution in [0.2, 0.25) is 0 Å². The number of ether oxygens (including phenoxy) is 2. The molecule has 0 saturated heterocycles. The Hall–Kier alpha value is -1.54. The van der Waals surface area contributed by atoms with Crippen LogP contribution in [0.1, 0.15) is 18.5 Å². The molecule has 2 atom stereocenters. The molecule has 0 aliphatic heterocycles. The van der Waals surface area contributed by atoms with E-state index in [1.165, 1.54) is 0 Å². The van der Waals surface area contributed by atoms with Gasteiger partial charge in [-0.25, -0.2) is 8.78 Å². The van der Waals surface area contributed by atoms with Gasteiger partial charge in [-0.1, -0.05) is 46.3 Å². The fourth-order valence-corrected chi connectivity index (χ4v) is 2.72. The van der Waals surface area contributed by atoms with Crippen molar-refractivity contribution in [3.8, 4) is 5.75 Å². The Morgan fingerprint density at radius 3 is 2.42 bits per heavy atom. The molecule has 0 radical (unpaired) electrons. The average Bonchev–Trinajstić information content (AvgIpc) is 2.62. The van der Waals surface area contributed by atoms with Crippen LogP contribution in [0.15, 0.2) is 46.9 Å². The summed E-state index contributed by atoms with van der Waals surface area (Å²) >= 11 is 3.00. The van der Waals surface area contributed by atoms with E-state index in [0.29, 0.717) is 11.0 Å². The van der Waals surface area contributed by atoms with Gasteiger partial charge in [0.05, 0.1) is 19.3 Å². The van der Waals surface area contributed by atoms with Crippen molar-refractivity contribution in [1.29, 1.82) is 0 Å². The van der Waals surface area contributed by atoms with Gasteiger partial charge in [0.1, 0.15) is 6.61 Å².